The molecule has 1 N–H and O–H groups in total. The van der Waals surface area contributed by atoms with Gasteiger partial charge in [0.05, 0.1) is 13.2 Å². The van der Waals surface area contributed by atoms with Crippen molar-refractivity contribution >= 4 is 10.0 Å². The van der Waals surface area contributed by atoms with Crippen LogP contribution in [0.3, 0.4) is 0 Å². The molecule has 1 fully saturated rings. The maximum absolute atomic E-state index is 13.0. The summed E-state index contributed by atoms with van der Waals surface area (Å²) in [6, 6.07) is 7.08. The fourth-order valence-electron chi connectivity index (χ4n) is 2.62. The second kappa shape index (κ2) is 6.63. The number of H-pyrrole nitrogens is 1. The van der Waals surface area contributed by atoms with Gasteiger partial charge in [-0.05, 0) is 30.3 Å². The summed E-state index contributed by atoms with van der Waals surface area (Å²) in [4.78, 5) is 2.97. The second-order valence-corrected chi connectivity index (χ2v) is 7.62. The Morgan fingerprint density at radius 3 is 2.50 bits per heavy atom. The van der Waals surface area contributed by atoms with Gasteiger partial charge in [0.25, 0.3) is 5.89 Å². The number of aromatic amines is 1. The molecule has 26 heavy (non-hydrogen) atoms. The van der Waals surface area contributed by atoms with Crippen molar-refractivity contribution in [1.82, 2.24) is 19.5 Å². The lowest BCUT2D eigenvalue weighted by Crippen LogP contribution is -2.40. The Bertz CT molecular complexity index is 1010. The molecule has 0 radical (unpaired) electrons. The number of aromatic nitrogens is 3. The summed E-state index contributed by atoms with van der Waals surface area (Å²) in [7, 11) is -3.61. The largest absolute Gasteiger partial charge is 0.415 e. The summed E-state index contributed by atoms with van der Waals surface area (Å²) >= 11 is 0. The molecule has 0 bridgehead atoms. The first-order valence-electron chi connectivity index (χ1n) is 7.90. The monoisotopic (exact) mass is 378 g/mol. The molecule has 0 unspecified atom stereocenters. The highest BCUT2D eigenvalue weighted by Gasteiger charge is 2.28. The van der Waals surface area contributed by atoms with Gasteiger partial charge in [-0.1, -0.05) is 0 Å². The van der Waals surface area contributed by atoms with Gasteiger partial charge in [-0.3, -0.25) is 0 Å². The lowest BCUT2D eigenvalue weighted by molar-refractivity contribution is 0.0730. The minimum Gasteiger partial charge on any atom is -0.415 e. The van der Waals surface area contributed by atoms with E-state index in [9.17, 15) is 12.8 Å². The molecule has 3 aromatic rings. The second-order valence-electron chi connectivity index (χ2n) is 5.68. The Morgan fingerprint density at radius 1 is 1.08 bits per heavy atom. The average molecular weight is 378 g/mol. The number of benzene rings is 1. The van der Waals surface area contributed by atoms with Crippen molar-refractivity contribution in [3.8, 4) is 23.0 Å². The minimum absolute atomic E-state index is 0.121. The van der Waals surface area contributed by atoms with E-state index in [1.807, 2.05) is 0 Å². The SMILES string of the molecule is O=S(=O)(c1c[nH]c(-c2nnc(-c3ccc(F)cc3)o2)c1)N1CCOCC1. The van der Waals surface area contributed by atoms with E-state index in [0.29, 0.717) is 37.6 Å². The van der Waals surface area contributed by atoms with Crippen LogP contribution in [0.15, 0.2) is 45.8 Å². The van der Waals surface area contributed by atoms with Crippen LogP contribution in [0.1, 0.15) is 0 Å². The number of hydrogen-bond donors (Lipinski definition) is 1. The number of nitrogens with one attached hydrogen (secondary N) is 1. The zero-order valence-corrected chi connectivity index (χ0v) is 14.4. The van der Waals surface area contributed by atoms with Crippen molar-refractivity contribution < 1.29 is 22.0 Å². The molecule has 1 aliphatic rings. The number of rotatable bonds is 4. The third kappa shape index (κ3) is 3.14. The molecule has 1 aromatic carbocycles. The van der Waals surface area contributed by atoms with Gasteiger partial charge in [-0.2, -0.15) is 4.31 Å². The Hall–Kier alpha value is -2.56. The predicted octanol–water partition coefficient (Wildman–Crippen LogP) is 1.89. The first-order valence-corrected chi connectivity index (χ1v) is 9.34. The molecule has 136 valence electrons. The van der Waals surface area contributed by atoms with Crippen LogP contribution in [-0.2, 0) is 14.8 Å². The van der Waals surface area contributed by atoms with Crippen molar-refractivity contribution in [1.29, 1.82) is 0 Å². The maximum Gasteiger partial charge on any atom is 0.264 e. The number of nitrogens with zero attached hydrogens (tertiary/aromatic N) is 3. The molecule has 0 spiro atoms. The van der Waals surface area contributed by atoms with E-state index in [2.05, 4.69) is 15.2 Å². The summed E-state index contributed by atoms with van der Waals surface area (Å²) in [5, 5.41) is 7.84. The topological polar surface area (TPSA) is 101 Å². The van der Waals surface area contributed by atoms with Crippen LogP contribution in [-0.4, -0.2) is 54.2 Å². The lowest BCUT2D eigenvalue weighted by Gasteiger charge is -2.25. The molecule has 1 aliphatic heterocycles. The number of halogens is 1. The van der Waals surface area contributed by atoms with Crippen LogP contribution in [0.5, 0.6) is 0 Å². The van der Waals surface area contributed by atoms with E-state index in [1.165, 1.54) is 40.8 Å². The molecule has 0 atom stereocenters. The summed E-state index contributed by atoms with van der Waals surface area (Å²) in [5.74, 6) is -0.00393. The standard InChI is InChI=1S/C16H15FN4O4S/c17-12-3-1-11(2-4-12)15-19-20-16(25-15)14-9-13(10-18-14)26(22,23)21-5-7-24-8-6-21/h1-4,9-10,18H,5-8H2. The van der Waals surface area contributed by atoms with Gasteiger partial charge < -0.3 is 14.1 Å². The van der Waals surface area contributed by atoms with E-state index in [4.69, 9.17) is 9.15 Å². The van der Waals surface area contributed by atoms with E-state index in [0.717, 1.165) is 0 Å². The average Bonchev–Trinajstić information content (AvgIpc) is 3.33. The fraction of sp³-hybridized carbons (Fsp3) is 0.250. The Balaban J connectivity index is 1.59. The normalized spacial score (nSPS) is 16.0. The Labute approximate surface area is 148 Å². The smallest absolute Gasteiger partial charge is 0.264 e. The number of morpholine rings is 1. The minimum atomic E-state index is -3.61. The van der Waals surface area contributed by atoms with Gasteiger partial charge in [0.2, 0.25) is 15.9 Å². The fourth-order valence-corrected chi connectivity index (χ4v) is 4.03. The van der Waals surface area contributed by atoms with Crippen LogP contribution >= 0.6 is 0 Å². The van der Waals surface area contributed by atoms with Crippen molar-refractivity contribution in [3.05, 3.63) is 42.3 Å². The Kier molecular flexibility index (Phi) is 4.31. The third-order valence-electron chi connectivity index (χ3n) is 4.01. The number of ether oxygens (including phenoxy) is 1. The molecule has 0 saturated carbocycles. The highest BCUT2D eigenvalue weighted by atomic mass is 32.2. The van der Waals surface area contributed by atoms with E-state index < -0.39 is 10.0 Å². The van der Waals surface area contributed by atoms with Crippen molar-refractivity contribution in [2.45, 2.75) is 4.90 Å². The van der Waals surface area contributed by atoms with Crippen molar-refractivity contribution in [2.75, 3.05) is 26.3 Å². The predicted molar refractivity (Wildman–Crippen MR) is 89.1 cm³/mol. The first-order chi connectivity index (χ1) is 12.5. The Morgan fingerprint density at radius 2 is 1.77 bits per heavy atom. The van der Waals surface area contributed by atoms with E-state index in [-0.39, 0.29) is 22.5 Å². The van der Waals surface area contributed by atoms with Crippen LogP contribution in [0.25, 0.3) is 23.0 Å². The first kappa shape index (κ1) is 16.9. The number of hydrogen-bond acceptors (Lipinski definition) is 6. The van der Waals surface area contributed by atoms with Gasteiger partial charge >= 0.3 is 0 Å². The van der Waals surface area contributed by atoms with Crippen molar-refractivity contribution in [2.24, 2.45) is 0 Å². The molecule has 0 aliphatic carbocycles. The van der Waals surface area contributed by atoms with Gasteiger partial charge in [0.15, 0.2) is 0 Å². The molecule has 2 aromatic heterocycles. The molecule has 3 heterocycles. The summed E-state index contributed by atoms with van der Waals surface area (Å²) in [5.41, 5.74) is 0.954. The molecule has 8 nitrogen and oxygen atoms in total. The summed E-state index contributed by atoms with van der Waals surface area (Å²) in [6.07, 6.45) is 1.39. The molecule has 0 amide bonds. The van der Waals surface area contributed by atoms with E-state index in [1.54, 1.807) is 0 Å². The molecule has 1 saturated heterocycles. The zero-order valence-electron chi connectivity index (χ0n) is 13.6. The summed E-state index contributed by atoms with van der Waals surface area (Å²) in [6.45, 7) is 1.39. The van der Waals surface area contributed by atoms with Crippen LogP contribution in [0.4, 0.5) is 4.39 Å². The van der Waals surface area contributed by atoms with Crippen LogP contribution < -0.4 is 0 Å². The van der Waals surface area contributed by atoms with E-state index >= 15 is 0 Å². The molecule has 4 rings (SSSR count). The maximum atomic E-state index is 13.0. The van der Waals surface area contributed by atoms with Gasteiger partial charge in [-0.15, -0.1) is 10.2 Å². The molecule has 10 heteroatoms. The van der Waals surface area contributed by atoms with Crippen LogP contribution in [0, 0.1) is 5.82 Å². The highest BCUT2D eigenvalue weighted by Crippen LogP contribution is 2.26. The number of sulfonamides is 1. The van der Waals surface area contributed by atoms with Gasteiger partial charge in [-0.25, -0.2) is 12.8 Å². The van der Waals surface area contributed by atoms with Crippen LogP contribution in [0.2, 0.25) is 0 Å². The van der Waals surface area contributed by atoms with Crippen molar-refractivity contribution in [3.63, 3.8) is 0 Å². The lowest BCUT2D eigenvalue weighted by atomic mass is 10.2. The summed E-state index contributed by atoms with van der Waals surface area (Å²) < 4.78 is 50.4. The van der Waals surface area contributed by atoms with Gasteiger partial charge in [0.1, 0.15) is 16.4 Å². The molecular formula is C16H15FN4O4S. The zero-order chi connectivity index (χ0) is 18.1. The molecular weight excluding hydrogens is 363 g/mol. The highest BCUT2D eigenvalue weighted by molar-refractivity contribution is 7.89. The quantitative estimate of drug-likeness (QED) is 0.744. The third-order valence-corrected chi connectivity index (χ3v) is 5.89. The van der Waals surface area contributed by atoms with Gasteiger partial charge in [0, 0.05) is 24.8 Å².